The van der Waals surface area contributed by atoms with Gasteiger partial charge in [-0.3, -0.25) is 0 Å². The summed E-state index contributed by atoms with van der Waals surface area (Å²) in [5.41, 5.74) is 3.42. The van der Waals surface area contributed by atoms with Crippen molar-refractivity contribution in [3.63, 3.8) is 0 Å². The normalized spacial score (nSPS) is 14.3. The lowest BCUT2D eigenvalue weighted by molar-refractivity contribution is -0.287. The van der Waals surface area contributed by atoms with Crippen molar-refractivity contribution in [1.29, 1.82) is 0 Å². The van der Waals surface area contributed by atoms with Crippen LogP contribution in [-0.4, -0.2) is 25.2 Å². The molecule has 0 aromatic heterocycles. The quantitative estimate of drug-likeness (QED) is 0.546. The number of methoxy groups -OCH3 is 1. The summed E-state index contributed by atoms with van der Waals surface area (Å²) >= 11 is 6.01. The van der Waals surface area contributed by atoms with E-state index in [-0.39, 0.29) is 28.9 Å². The number of hydrogen-bond acceptors (Lipinski definition) is 7. The Balaban J connectivity index is 1.67. The summed E-state index contributed by atoms with van der Waals surface area (Å²) in [6.45, 7) is 1.53. The number of alkyl halides is 2. The molecule has 1 amide bonds. The highest BCUT2D eigenvalue weighted by Gasteiger charge is 2.44. The van der Waals surface area contributed by atoms with E-state index in [1.54, 1.807) is 25.1 Å². The lowest BCUT2D eigenvalue weighted by Crippen LogP contribution is -2.26. The maximum atomic E-state index is 13.2. The molecule has 0 saturated heterocycles. The second-order valence-electron chi connectivity index (χ2n) is 5.70. The van der Waals surface area contributed by atoms with Gasteiger partial charge in [0.25, 0.3) is 0 Å². The average Bonchev–Trinajstić information content (AvgIpc) is 3.01. The third-order valence-electron chi connectivity index (χ3n) is 3.71. The average molecular weight is 429 g/mol. The molecule has 0 fully saturated rings. The molecular formula is C18H15ClF2N2O6. The van der Waals surface area contributed by atoms with E-state index >= 15 is 0 Å². The zero-order valence-electron chi connectivity index (χ0n) is 15.2. The van der Waals surface area contributed by atoms with Gasteiger partial charge >= 0.3 is 12.4 Å². The SMILES string of the molecule is COC(=O)NOc1cc(/C(C)=N/OCc2cccc3c2OC(F)(F)O3)ccc1Cl. The number of oxime groups is 1. The van der Waals surface area contributed by atoms with Crippen molar-refractivity contribution in [2.24, 2.45) is 5.16 Å². The molecule has 0 aliphatic carbocycles. The van der Waals surface area contributed by atoms with Crippen LogP contribution in [0.1, 0.15) is 18.1 Å². The summed E-state index contributed by atoms with van der Waals surface area (Å²) in [5.74, 6) is -0.00593. The highest BCUT2D eigenvalue weighted by Crippen LogP contribution is 2.43. The molecule has 1 N–H and O–H groups in total. The van der Waals surface area contributed by atoms with E-state index in [1.807, 2.05) is 5.48 Å². The molecule has 0 unspecified atom stereocenters. The largest absolute Gasteiger partial charge is 0.586 e. The molecule has 1 heterocycles. The van der Waals surface area contributed by atoms with Crippen molar-refractivity contribution < 1.29 is 37.5 Å². The summed E-state index contributed by atoms with van der Waals surface area (Å²) in [4.78, 5) is 21.4. The van der Waals surface area contributed by atoms with Gasteiger partial charge in [0.15, 0.2) is 17.2 Å². The third kappa shape index (κ3) is 4.96. The highest BCUT2D eigenvalue weighted by atomic mass is 35.5. The molecule has 1 aliphatic heterocycles. The van der Waals surface area contributed by atoms with Crippen molar-refractivity contribution in [1.82, 2.24) is 5.48 Å². The van der Waals surface area contributed by atoms with Crippen LogP contribution in [-0.2, 0) is 16.2 Å². The summed E-state index contributed by atoms with van der Waals surface area (Å²) in [5, 5.41) is 4.20. The zero-order valence-corrected chi connectivity index (χ0v) is 16.0. The van der Waals surface area contributed by atoms with Crippen LogP contribution < -0.4 is 19.8 Å². The van der Waals surface area contributed by atoms with Crippen LogP contribution in [0.3, 0.4) is 0 Å². The Morgan fingerprint density at radius 3 is 2.83 bits per heavy atom. The molecule has 0 spiro atoms. The Morgan fingerprint density at radius 1 is 1.28 bits per heavy atom. The number of nitrogens with one attached hydrogen (secondary N) is 1. The number of benzene rings is 2. The Bertz CT molecular complexity index is 954. The zero-order chi connectivity index (χ0) is 21.0. The minimum atomic E-state index is -3.71. The van der Waals surface area contributed by atoms with Crippen molar-refractivity contribution >= 4 is 23.4 Å². The second-order valence-corrected chi connectivity index (χ2v) is 6.11. The van der Waals surface area contributed by atoms with Gasteiger partial charge in [0.1, 0.15) is 6.61 Å². The van der Waals surface area contributed by atoms with Gasteiger partial charge in [0.05, 0.1) is 17.8 Å². The van der Waals surface area contributed by atoms with Crippen molar-refractivity contribution in [2.45, 2.75) is 19.8 Å². The van der Waals surface area contributed by atoms with Gasteiger partial charge in [-0.15, -0.1) is 8.78 Å². The van der Waals surface area contributed by atoms with Crippen LogP contribution in [0, 0.1) is 0 Å². The van der Waals surface area contributed by atoms with Crippen molar-refractivity contribution in [3.05, 3.63) is 52.5 Å². The third-order valence-corrected chi connectivity index (χ3v) is 4.02. The molecule has 0 bridgehead atoms. The number of hydroxylamine groups is 1. The van der Waals surface area contributed by atoms with E-state index in [4.69, 9.17) is 21.3 Å². The van der Waals surface area contributed by atoms with Crippen LogP contribution in [0.5, 0.6) is 17.2 Å². The molecular weight excluding hydrogens is 414 g/mol. The maximum absolute atomic E-state index is 13.2. The number of fused-ring (bicyclic) bond motifs is 1. The standard InChI is InChI=1S/C18H15ClF2N2O6/c1-10(11-6-7-13(19)15(8-11)29-23-17(24)25-2)22-26-9-12-4-3-5-14-16(12)28-18(20,21)27-14/h3-8H,9H2,1-2H3,(H,23,24)/b22-10+. The lowest BCUT2D eigenvalue weighted by Gasteiger charge is -2.09. The number of amides is 1. The number of para-hydroxylation sites is 1. The van der Waals surface area contributed by atoms with E-state index < -0.39 is 12.4 Å². The molecule has 3 rings (SSSR count). The summed E-state index contributed by atoms with van der Waals surface area (Å²) in [6.07, 6.45) is -4.51. The summed E-state index contributed by atoms with van der Waals surface area (Å²) < 4.78 is 39.7. The lowest BCUT2D eigenvalue weighted by atomic mass is 10.1. The smallest absolute Gasteiger partial charge is 0.451 e. The van der Waals surface area contributed by atoms with Gasteiger partial charge in [0.2, 0.25) is 0 Å². The van der Waals surface area contributed by atoms with Crippen LogP contribution in [0.15, 0.2) is 41.6 Å². The van der Waals surface area contributed by atoms with Crippen LogP contribution in [0.25, 0.3) is 0 Å². The molecule has 29 heavy (non-hydrogen) atoms. The molecule has 1 aliphatic rings. The number of rotatable bonds is 6. The van der Waals surface area contributed by atoms with Gasteiger partial charge in [-0.1, -0.05) is 35.0 Å². The first-order chi connectivity index (χ1) is 13.8. The Kier molecular flexibility index (Phi) is 5.92. The predicted octanol–water partition coefficient (Wildman–Crippen LogP) is 4.25. The molecule has 0 saturated carbocycles. The molecule has 2 aromatic carbocycles. The number of nitrogens with zero attached hydrogens (tertiary/aromatic N) is 1. The van der Waals surface area contributed by atoms with E-state index in [1.165, 1.54) is 25.3 Å². The Hall–Kier alpha value is -3.27. The predicted molar refractivity (Wildman–Crippen MR) is 97.3 cm³/mol. The number of carbonyl (C=O) groups is 1. The fourth-order valence-corrected chi connectivity index (χ4v) is 2.49. The first-order valence-electron chi connectivity index (χ1n) is 8.14. The van der Waals surface area contributed by atoms with E-state index in [2.05, 4.69) is 19.4 Å². The molecule has 11 heteroatoms. The minimum absolute atomic E-state index is 0.0746. The molecule has 8 nitrogen and oxygen atoms in total. The fraction of sp³-hybridized carbons (Fsp3) is 0.222. The first-order valence-corrected chi connectivity index (χ1v) is 8.52. The molecule has 0 radical (unpaired) electrons. The summed E-state index contributed by atoms with van der Waals surface area (Å²) in [7, 11) is 1.19. The van der Waals surface area contributed by atoms with E-state index in [0.29, 0.717) is 16.8 Å². The van der Waals surface area contributed by atoms with Gasteiger partial charge in [-0.05, 0) is 25.1 Å². The number of halogens is 3. The van der Waals surface area contributed by atoms with Crippen LogP contribution in [0.4, 0.5) is 13.6 Å². The molecule has 0 atom stereocenters. The van der Waals surface area contributed by atoms with Crippen LogP contribution in [0.2, 0.25) is 5.02 Å². The van der Waals surface area contributed by atoms with Gasteiger partial charge < -0.3 is 23.9 Å². The van der Waals surface area contributed by atoms with Crippen molar-refractivity contribution in [2.75, 3.05) is 7.11 Å². The molecule has 2 aromatic rings. The Labute approximate surface area is 168 Å². The van der Waals surface area contributed by atoms with E-state index in [9.17, 15) is 13.6 Å². The van der Waals surface area contributed by atoms with Crippen LogP contribution >= 0.6 is 11.6 Å². The van der Waals surface area contributed by atoms with Gasteiger partial charge in [-0.2, -0.15) is 5.48 Å². The topological polar surface area (TPSA) is 87.6 Å². The first kappa shape index (κ1) is 20.5. The number of carbonyl (C=O) groups excluding carboxylic acids is 1. The van der Waals surface area contributed by atoms with Gasteiger partial charge in [0, 0.05) is 11.1 Å². The summed E-state index contributed by atoms with van der Waals surface area (Å²) in [6, 6.07) is 9.19. The van der Waals surface area contributed by atoms with Gasteiger partial charge in [-0.25, -0.2) is 4.79 Å². The fourth-order valence-electron chi connectivity index (χ4n) is 2.34. The second kappa shape index (κ2) is 8.39. The number of hydrogen-bond donors (Lipinski definition) is 1. The van der Waals surface area contributed by atoms with E-state index in [0.717, 1.165) is 0 Å². The minimum Gasteiger partial charge on any atom is -0.451 e. The monoisotopic (exact) mass is 428 g/mol. The molecule has 154 valence electrons. The maximum Gasteiger partial charge on any atom is 0.586 e. The Morgan fingerprint density at radius 2 is 2.07 bits per heavy atom. The van der Waals surface area contributed by atoms with Crippen molar-refractivity contribution in [3.8, 4) is 17.2 Å². The number of ether oxygens (including phenoxy) is 3. The highest BCUT2D eigenvalue weighted by molar-refractivity contribution is 6.32.